The third kappa shape index (κ3) is 6.76. The molecule has 3 aromatic rings. The van der Waals surface area contributed by atoms with Gasteiger partial charge in [0.2, 0.25) is 5.91 Å². The van der Waals surface area contributed by atoms with Gasteiger partial charge in [0.25, 0.3) is 11.8 Å². The molecule has 0 saturated carbocycles. The number of likely N-dealkylation sites (tertiary alicyclic amines) is 1. The maximum absolute atomic E-state index is 13.1. The van der Waals surface area contributed by atoms with Crippen molar-refractivity contribution in [2.24, 2.45) is 0 Å². The van der Waals surface area contributed by atoms with Crippen LogP contribution in [0.5, 0.6) is 17.2 Å². The average Bonchev–Trinajstić information content (AvgIpc) is 2.98. The predicted molar refractivity (Wildman–Crippen MR) is 146 cm³/mol. The van der Waals surface area contributed by atoms with E-state index >= 15 is 0 Å². The van der Waals surface area contributed by atoms with Gasteiger partial charge in [0.15, 0.2) is 0 Å². The van der Waals surface area contributed by atoms with E-state index in [1.54, 1.807) is 47.5 Å². The molecule has 10 heteroatoms. The third-order valence-electron chi connectivity index (χ3n) is 6.91. The Bertz CT molecular complexity index is 1370. The minimum Gasteiger partial charge on any atom is -0.497 e. The fourth-order valence-electron chi connectivity index (χ4n) is 4.85. The lowest BCUT2D eigenvalue weighted by Crippen LogP contribution is -2.57. The first-order chi connectivity index (χ1) is 19.5. The van der Waals surface area contributed by atoms with Crippen LogP contribution in [-0.4, -0.2) is 66.5 Å². The molecule has 2 N–H and O–H groups in total. The molecule has 2 aliphatic heterocycles. The van der Waals surface area contributed by atoms with E-state index in [-0.39, 0.29) is 30.2 Å². The second-order valence-corrected chi connectivity index (χ2v) is 9.78. The Balaban J connectivity index is 1.36. The van der Waals surface area contributed by atoms with Gasteiger partial charge in [0, 0.05) is 43.9 Å². The number of carbonyl (C=O) groups is 3. The van der Waals surface area contributed by atoms with Crippen LogP contribution in [-0.2, 0) is 16.1 Å². The highest BCUT2D eigenvalue weighted by Crippen LogP contribution is 2.28. The summed E-state index contributed by atoms with van der Waals surface area (Å²) < 4.78 is 17.7. The lowest BCUT2D eigenvalue weighted by Gasteiger charge is -2.38. The van der Waals surface area contributed by atoms with E-state index in [4.69, 9.17) is 14.2 Å². The minimum absolute atomic E-state index is 0.167. The normalized spacial score (nSPS) is 20.1. The van der Waals surface area contributed by atoms with Crippen molar-refractivity contribution in [3.63, 3.8) is 0 Å². The number of rotatable bonds is 2. The van der Waals surface area contributed by atoms with Gasteiger partial charge in [0.05, 0.1) is 25.9 Å². The van der Waals surface area contributed by atoms with Crippen LogP contribution in [0.3, 0.4) is 0 Å². The number of ether oxygens (including phenoxy) is 3. The Hall–Kier alpha value is -4.44. The molecule has 10 nitrogen and oxygen atoms in total. The van der Waals surface area contributed by atoms with Crippen molar-refractivity contribution in [1.82, 2.24) is 20.5 Å². The smallest absolute Gasteiger partial charge is 0.272 e. The topological polar surface area (TPSA) is 119 Å². The SMILES string of the molecule is COc1cc2cc(c1)C(=O)NCCCC(=O)N[C@H]1CN(C(=O)c3ccccn3)CC[C@@H]1OCc1cccc(c1)O2. The maximum Gasteiger partial charge on any atom is 0.272 e. The number of nitrogens with zero attached hydrogens (tertiary/aromatic N) is 2. The van der Waals surface area contributed by atoms with Crippen LogP contribution >= 0.6 is 0 Å². The zero-order chi connectivity index (χ0) is 27.9. The summed E-state index contributed by atoms with van der Waals surface area (Å²) >= 11 is 0. The van der Waals surface area contributed by atoms with Crippen molar-refractivity contribution in [1.29, 1.82) is 0 Å². The summed E-state index contributed by atoms with van der Waals surface area (Å²) in [5, 5.41) is 5.92. The summed E-state index contributed by atoms with van der Waals surface area (Å²) in [6.45, 7) is 1.41. The van der Waals surface area contributed by atoms with E-state index in [1.165, 1.54) is 7.11 Å². The summed E-state index contributed by atoms with van der Waals surface area (Å²) in [6.07, 6.45) is 2.52. The van der Waals surface area contributed by atoms with E-state index in [1.807, 2.05) is 24.3 Å². The number of pyridine rings is 1. The van der Waals surface area contributed by atoms with Gasteiger partial charge in [-0.25, -0.2) is 0 Å². The predicted octanol–water partition coefficient (Wildman–Crippen LogP) is 3.32. The summed E-state index contributed by atoms with van der Waals surface area (Å²) in [6, 6.07) is 17.3. The standard InChI is InChI=1S/C30H32N4O6/c1-38-23-15-21-16-24(17-23)40-22-7-4-6-20(14-22)19-39-27-10-13-34(30(37)25-8-2-3-11-31-25)18-26(27)33-28(35)9-5-12-32-29(21)36/h2-4,6-8,11,14-17,26-27H,5,9-10,12-13,18-19H2,1H3,(H,32,36)(H,33,35)/t26-,27-/m0/s1. The first-order valence-corrected chi connectivity index (χ1v) is 13.3. The van der Waals surface area contributed by atoms with E-state index in [2.05, 4.69) is 15.6 Å². The lowest BCUT2D eigenvalue weighted by atomic mass is 10.0. The first kappa shape index (κ1) is 27.1. The van der Waals surface area contributed by atoms with Crippen molar-refractivity contribution in [2.75, 3.05) is 26.7 Å². The highest BCUT2D eigenvalue weighted by atomic mass is 16.5. The van der Waals surface area contributed by atoms with E-state index < -0.39 is 6.04 Å². The van der Waals surface area contributed by atoms with Crippen molar-refractivity contribution in [3.05, 3.63) is 83.7 Å². The van der Waals surface area contributed by atoms with Crippen LogP contribution in [0.1, 0.15) is 45.7 Å². The summed E-state index contributed by atoms with van der Waals surface area (Å²) in [4.78, 5) is 44.7. The molecule has 2 aromatic carbocycles. The van der Waals surface area contributed by atoms with Gasteiger partial charge in [-0.3, -0.25) is 19.4 Å². The molecular weight excluding hydrogens is 512 g/mol. The number of amides is 3. The summed E-state index contributed by atoms with van der Waals surface area (Å²) in [5.74, 6) is 0.911. The Morgan fingerprint density at radius 2 is 1.98 bits per heavy atom. The number of benzene rings is 2. The molecule has 1 aromatic heterocycles. The highest BCUT2D eigenvalue weighted by molar-refractivity contribution is 5.95. The van der Waals surface area contributed by atoms with Gasteiger partial charge >= 0.3 is 0 Å². The molecule has 2 atom stereocenters. The van der Waals surface area contributed by atoms with Gasteiger partial charge in [-0.2, -0.15) is 0 Å². The second kappa shape index (κ2) is 12.6. The number of nitrogens with one attached hydrogen (secondary N) is 2. The Morgan fingerprint density at radius 1 is 1.07 bits per heavy atom. The monoisotopic (exact) mass is 544 g/mol. The molecule has 0 radical (unpaired) electrons. The zero-order valence-electron chi connectivity index (χ0n) is 22.3. The van der Waals surface area contributed by atoms with Gasteiger partial charge in [-0.05, 0) is 54.8 Å². The largest absolute Gasteiger partial charge is 0.497 e. The van der Waals surface area contributed by atoms with E-state index in [0.29, 0.717) is 67.6 Å². The summed E-state index contributed by atoms with van der Waals surface area (Å²) in [7, 11) is 1.53. The van der Waals surface area contributed by atoms with Crippen LogP contribution < -0.4 is 20.1 Å². The maximum atomic E-state index is 13.1. The molecule has 1 saturated heterocycles. The highest BCUT2D eigenvalue weighted by Gasteiger charge is 2.34. The molecule has 3 amide bonds. The number of hydrogen-bond acceptors (Lipinski definition) is 7. The third-order valence-corrected chi connectivity index (χ3v) is 6.91. The number of piperidine rings is 1. The van der Waals surface area contributed by atoms with Gasteiger partial charge in [-0.1, -0.05) is 18.2 Å². The molecule has 0 unspecified atom stereocenters. The van der Waals surface area contributed by atoms with Crippen molar-refractivity contribution in [2.45, 2.75) is 38.0 Å². The molecule has 5 rings (SSSR count). The van der Waals surface area contributed by atoms with Crippen LogP contribution in [0.4, 0.5) is 0 Å². The Labute approximate surface area is 232 Å². The Morgan fingerprint density at radius 3 is 2.80 bits per heavy atom. The van der Waals surface area contributed by atoms with Crippen LogP contribution in [0, 0.1) is 0 Å². The molecule has 208 valence electrons. The molecule has 4 bridgehead atoms. The number of methoxy groups -OCH3 is 1. The van der Waals surface area contributed by atoms with Crippen LogP contribution in [0.15, 0.2) is 66.9 Å². The second-order valence-electron chi connectivity index (χ2n) is 9.78. The van der Waals surface area contributed by atoms with Crippen molar-refractivity contribution >= 4 is 17.7 Å². The molecular formula is C30H32N4O6. The average molecular weight is 545 g/mol. The van der Waals surface area contributed by atoms with Crippen LogP contribution in [0.2, 0.25) is 0 Å². The van der Waals surface area contributed by atoms with Gasteiger partial charge in [-0.15, -0.1) is 0 Å². The van der Waals surface area contributed by atoms with Gasteiger partial charge in [0.1, 0.15) is 22.9 Å². The molecule has 3 heterocycles. The quantitative estimate of drug-likeness (QED) is 0.508. The molecule has 1 fully saturated rings. The number of hydrogen-bond donors (Lipinski definition) is 2. The number of carbonyl (C=O) groups excluding carboxylic acids is 3. The van der Waals surface area contributed by atoms with E-state index in [0.717, 1.165) is 5.56 Å². The number of fused-ring (bicyclic) bond motifs is 5. The van der Waals surface area contributed by atoms with Crippen molar-refractivity contribution in [3.8, 4) is 17.2 Å². The minimum atomic E-state index is -0.394. The lowest BCUT2D eigenvalue weighted by molar-refractivity contribution is -0.124. The van der Waals surface area contributed by atoms with Gasteiger partial charge < -0.3 is 29.7 Å². The van der Waals surface area contributed by atoms with E-state index in [9.17, 15) is 14.4 Å². The number of aromatic nitrogens is 1. The fourth-order valence-corrected chi connectivity index (χ4v) is 4.85. The molecule has 2 aliphatic rings. The zero-order valence-corrected chi connectivity index (χ0v) is 22.3. The molecule has 0 aliphatic carbocycles. The first-order valence-electron chi connectivity index (χ1n) is 13.3. The van der Waals surface area contributed by atoms with Crippen LogP contribution in [0.25, 0.3) is 0 Å². The fraction of sp³-hybridized carbons (Fsp3) is 0.333. The molecule has 0 spiro atoms. The molecule has 40 heavy (non-hydrogen) atoms. The van der Waals surface area contributed by atoms with Crippen molar-refractivity contribution < 1.29 is 28.6 Å². The summed E-state index contributed by atoms with van der Waals surface area (Å²) in [5.41, 5.74) is 1.64. The Kier molecular flexibility index (Phi) is 8.56.